The maximum absolute atomic E-state index is 10.0. The molecule has 0 heterocycles. The fourth-order valence-electron chi connectivity index (χ4n) is 5.69. The van der Waals surface area contributed by atoms with Crippen LogP contribution in [0.4, 0.5) is 0 Å². The average Bonchev–Trinajstić information content (AvgIpc) is 2.82. The maximum atomic E-state index is 10.0. The van der Waals surface area contributed by atoms with Crippen molar-refractivity contribution in [3.05, 3.63) is 117 Å². The molecule has 0 atom stereocenters. The Morgan fingerprint density at radius 1 is 0.432 bits per heavy atom. The van der Waals surface area contributed by atoms with Gasteiger partial charge in [0.25, 0.3) is 0 Å². The smallest absolute Gasteiger partial charge is 0.115 e. The Labute approximate surface area is 219 Å². The van der Waals surface area contributed by atoms with Gasteiger partial charge in [-0.05, 0) is 134 Å². The summed E-state index contributed by atoms with van der Waals surface area (Å²) in [6.45, 7) is 8.11. The van der Waals surface area contributed by atoms with Crippen molar-refractivity contribution in [2.24, 2.45) is 0 Å². The van der Waals surface area contributed by atoms with Gasteiger partial charge in [0.1, 0.15) is 23.0 Å². The summed E-state index contributed by atoms with van der Waals surface area (Å²) in [5.41, 5.74) is 8.84. The van der Waals surface area contributed by atoms with Crippen molar-refractivity contribution in [3.8, 4) is 23.0 Å². The largest absolute Gasteiger partial charge is 0.508 e. The fraction of sp³-hybridized carbons (Fsp3) is 0.273. The first-order valence-electron chi connectivity index (χ1n) is 12.8. The Morgan fingerprint density at radius 2 is 0.676 bits per heavy atom. The van der Waals surface area contributed by atoms with Gasteiger partial charge in [0.2, 0.25) is 0 Å². The molecule has 0 aliphatic rings. The minimum Gasteiger partial charge on any atom is -0.508 e. The van der Waals surface area contributed by atoms with Crippen LogP contribution in [0.3, 0.4) is 0 Å². The van der Waals surface area contributed by atoms with E-state index in [0.717, 1.165) is 41.5 Å². The minimum atomic E-state index is 0.115. The van der Waals surface area contributed by atoms with Crippen molar-refractivity contribution in [2.75, 3.05) is 0 Å². The van der Waals surface area contributed by atoms with Gasteiger partial charge in [-0.25, -0.2) is 0 Å². The van der Waals surface area contributed by atoms with E-state index in [1.165, 1.54) is 22.3 Å². The summed E-state index contributed by atoms with van der Waals surface area (Å²) >= 11 is 0. The number of rotatable bonds is 8. The van der Waals surface area contributed by atoms with Gasteiger partial charge in [0.15, 0.2) is 0 Å². The van der Waals surface area contributed by atoms with Crippen LogP contribution in [0.15, 0.2) is 72.8 Å². The molecule has 0 radical (unpaired) electrons. The summed E-state index contributed by atoms with van der Waals surface area (Å²) in [4.78, 5) is 0. The summed E-state index contributed by atoms with van der Waals surface area (Å²) in [7, 11) is 0. The lowest BCUT2D eigenvalue weighted by molar-refractivity contribution is 0.473. The van der Waals surface area contributed by atoms with E-state index < -0.39 is 0 Å². The monoisotopic (exact) mass is 496 g/mol. The number of phenolic OH excluding ortho intramolecular Hbond substituents is 4. The topological polar surface area (TPSA) is 80.9 Å². The highest BCUT2D eigenvalue weighted by Gasteiger charge is 2.22. The molecule has 0 fully saturated rings. The molecular formula is C33H36O4. The average molecular weight is 497 g/mol. The molecule has 0 saturated heterocycles. The van der Waals surface area contributed by atoms with Crippen LogP contribution < -0.4 is 0 Å². The SMILES string of the molecule is Cc1cc(O)ccc1C(CCCC(c1ccc(O)cc1C)c1ccc(O)cc1C)c1ccc(O)cc1C. The van der Waals surface area contributed by atoms with Gasteiger partial charge in [0.05, 0.1) is 0 Å². The lowest BCUT2D eigenvalue weighted by atomic mass is 9.79. The summed E-state index contributed by atoms with van der Waals surface area (Å²) in [6, 6.07) is 22.2. The van der Waals surface area contributed by atoms with Crippen LogP contribution in [0, 0.1) is 27.7 Å². The predicted octanol–water partition coefficient (Wildman–Crippen LogP) is 7.88. The first-order chi connectivity index (χ1) is 17.6. The second-order valence-corrected chi connectivity index (χ2v) is 10.2. The van der Waals surface area contributed by atoms with E-state index in [0.29, 0.717) is 0 Å². The van der Waals surface area contributed by atoms with Crippen LogP contribution in [-0.4, -0.2) is 20.4 Å². The van der Waals surface area contributed by atoms with Gasteiger partial charge in [-0.3, -0.25) is 0 Å². The zero-order valence-electron chi connectivity index (χ0n) is 22.0. The summed E-state index contributed by atoms with van der Waals surface area (Å²) < 4.78 is 0. The lowest BCUT2D eigenvalue weighted by Crippen LogP contribution is -2.09. The number of aryl methyl sites for hydroxylation is 4. The number of hydrogen-bond acceptors (Lipinski definition) is 4. The Bertz CT molecular complexity index is 1200. The zero-order chi connectivity index (χ0) is 26.7. The standard InChI is InChI=1S/C33H36O4/c1-20-16-24(34)8-12-28(20)32(29-13-9-25(35)17-21(29)2)6-5-7-33(30-14-10-26(36)18-22(30)3)31-15-11-27(37)19-23(31)4/h8-19,32-37H,5-7H2,1-4H3. The van der Waals surface area contributed by atoms with Crippen molar-refractivity contribution in [3.63, 3.8) is 0 Å². The van der Waals surface area contributed by atoms with Crippen LogP contribution in [0.2, 0.25) is 0 Å². The van der Waals surface area contributed by atoms with Crippen molar-refractivity contribution in [1.82, 2.24) is 0 Å². The van der Waals surface area contributed by atoms with Crippen molar-refractivity contribution >= 4 is 0 Å². The zero-order valence-corrected chi connectivity index (χ0v) is 22.0. The molecule has 192 valence electrons. The first kappa shape index (κ1) is 26.2. The van der Waals surface area contributed by atoms with Gasteiger partial charge in [-0.1, -0.05) is 30.7 Å². The van der Waals surface area contributed by atoms with E-state index in [1.807, 2.05) is 52.0 Å². The molecule has 4 nitrogen and oxygen atoms in total. The fourth-order valence-corrected chi connectivity index (χ4v) is 5.69. The molecule has 0 unspecified atom stereocenters. The third-order valence-corrected chi connectivity index (χ3v) is 7.50. The number of aromatic hydroxyl groups is 4. The highest BCUT2D eigenvalue weighted by atomic mass is 16.3. The molecule has 0 aliphatic heterocycles. The van der Waals surface area contributed by atoms with Crippen molar-refractivity contribution in [2.45, 2.75) is 58.8 Å². The van der Waals surface area contributed by atoms with Crippen LogP contribution in [0.5, 0.6) is 23.0 Å². The lowest BCUT2D eigenvalue weighted by Gasteiger charge is -2.25. The van der Waals surface area contributed by atoms with Gasteiger partial charge in [-0.2, -0.15) is 0 Å². The summed E-state index contributed by atoms with van der Waals surface area (Å²) in [6.07, 6.45) is 2.71. The van der Waals surface area contributed by atoms with Gasteiger partial charge >= 0.3 is 0 Å². The molecule has 4 heteroatoms. The molecule has 0 saturated carbocycles. The predicted molar refractivity (Wildman–Crippen MR) is 149 cm³/mol. The maximum Gasteiger partial charge on any atom is 0.115 e. The molecule has 4 aromatic carbocycles. The first-order valence-corrected chi connectivity index (χ1v) is 12.8. The van der Waals surface area contributed by atoms with E-state index in [4.69, 9.17) is 0 Å². The molecule has 0 aliphatic carbocycles. The third-order valence-electron chi connectivity index (χ3n) is 7.50. The Hall–Kier alpha value is -3.92. The third kappa shape index (κ3) is 5.91. The molecule has 0 aromatic heterocycles. The number of phenols is 4. The number of benzene rings is 4. The van der Waals surface area contributed by atoms with E-state index in [1.54, 1.807) is 48.5 Å². The van der Waals surface area contributed by atoms with Crippen LogP contribution >= 0.6 is 0 Å². The second-order valence-electron chi connectivity index (χ2n) is 10.2. The van der Waals surface area contributed by atoms with E-state index in [-0.39, 0.29) is 34.8 Å². The molecule has 0 amide bonds. The second kappa shape index (κ2) is 11.0. The Morgan fingerprint density at radius 3 is 0.892 bits per heavy atom. The number of hydrogen-bond donors (Lipinski definition) is 4. The van der Waals surface area contributed by atoms with Crippen LogP contribution in [0.25, 0.3) is 0 Å². The molecular weight excluding hydrogens is 460 g/mol. The van der Waals surface area contributed by atoms with E-state index in [2.05, 4.69) is 0 Å². The van der Waals surface area contributed by atoms with Crippen molar-refractivity contribution < 1.29 is 20.4 Å². The van der Waals surface area contributed by atoms with Gasteiger partial charge in [0, 0.05) is 11.8 Å². The van der Waals surface area contributed by atoms with E-state index >= 15 is 0 Å². The van der Waals surface area contributed by atoms with E-state index in [9.17, 15) is 20.4 Å². The Balaban J connectivity index is 1.69. The molecule has 4 N–H and O–H groups in total. The molecule has 4 aromatic rings. The molecule has 0 spiro atoms. The molecule has 37 heavy (non-hydrogen) atoms. The van der Waals surface area contributed by atoms with Crippen molar-refractivity contribution in [1.29, 1.82) is 0 Å². The molecule has 4 rings (SSSR count). The highest BCUT2D eigenvalue weighted by molar-refractivity contribution is 5.47. The van der Waals surface area contributed by atoms with Crippen LogP contribution in [-0.2, 0) is 0 Å². The molecule has 0 bridgehead atoms. The van der Waals surface area contributed by atoms with Gasteiger partial charge in [-0.15, -0.1) is 0 Å². The highest BCUT2D eigenvalue weighted by Crippen LogP contribution is 2.40. The van der Waals surface area contributed by atoms with Crippen LogP contribution in [0.1, 0.15) is 75.6 Å². The normalized spacial score (nSPS) is 11.4. The van der Waals surface area contributed by atoms with Gasteiger partial charge < -0.3 is 20.4 Å². The quantitative estimate of drug-likeness (QED) is 0.200. The summed E-state index contributed by atoms with van der Waals surface area (Å²) in [5.74, 6) is 1.26. The summed E-state index contributed by atoms with van der Waals surface area (Å²) in [5, 5.41) is 40.0. The Kier molecular flexibility index (Phi) is 7.77. The minimum absolute atomic E-state index is 0.115.